The Morgan fingerprint density at radius 1 is 1.09 bits per heavy atom. The van der Waals surface area contributed by atoms with Gasteiger partial charge in [-0.3, -0.25) is 9.78 Å². The van der Waals surface area contributed by atoms with Gasteiger partial charge >= 0.3 is 6.03 Å². The Morgan fingerprint density at radius 2 is 1.82 bits per heavy atom. The third-order valence-electron chi connectivity index (χ3n) is 5.84. The number of hydrogen-bond donors (Lipinski definition) is 3. The Kier molecular flexibility index (Phi) is 7.14. The van der Waals surface area contributed by atoms with Crippen LogP contribution in [0.15, 0.2) is 54.6 Å². The number of para-hydroxylation sites is 1. The van der Waals surface area contributed by atoms with E-state index in [1.165, 1.54) is 24.3 Å². The van der Waals surface area contributed by atoms with Gasteiger partial charge in [-0.2, -0.15) is 0 Å². The molecule has 172 valence electrons. The van der Waals surface area contributed by atoms with E-state index >= 15 is 0 Å². The number of amides is 3. The second-order valence-corrected chi connectivity index (χ2v) is 8.31. The first kappa shape index (κ1) is 22.7. The van der Waals surface area contributed by atoms with Crippen LogP contribution in [0.1, 0.15) is 28.9 Å². The lowest BCUT2D eigenvalue weighted by atomic mass is 10.0. The Balaban J connectivity index is 1.19. The van der Waals surface area contributed by atoms with Crippen molar-refractivity contribution in [2.75, 3.05) is 31.5 Å². The van der Waals surface area contributed by atoms with Crippen LogP contribution < -0.4 is 16.0 Å². The number of hydrogen-bond acceptors (Lipinski definition) is 4. The fourth-order valence-electron chi connectivity index (χ4n) is 4.08. The zero-order valence-electron chi connectivity index (χ0n) is 18.6. The molecule has 4 rings (SSSR count). The third-order valence-corrected chi connectivity index (χ3v) is 5.84. The van der Waals surface area contributed by atoms with Crippen molar-refractivity contribution in [1.29, 1.82) is 0 Å². The van der Waals surface area contributed by atoms with Crippen LogP contribution in [0.2, 0.25) is 0 Å². The van der Waals surface area contributed by atoms with Crippen molar-refractivity contribution in [2.45, 2.75) is 25.8 Å². The van der Waals surface area contributed by atoms with Gasteiger partial charge in [0, 0.05) is 48.9 Å². The van der Waals surface area contributed by atoms with E-state index in [-0.39, 0.29) is 23.8 Å². The Bertz CT molecular complexity index is 1130. The molecule has 0 unspecified atom stereocenters. The maximum Gasteiger partial charge on any atom is 0.319 e. The van der Waals surface area contributed by atoms with Crippen LogP contribution in [0.5, 0.6) is 0 Å². The summed E-state index contributed by atoms with van der Waals surface area (Å²) in [5.74, 6) is -0.531. The molecule has 0 spiro atoms. The van der Waals surface area contributed by atoms with Gasteiger partial charge in [-0.05, 0) is 56.2 Å². The first-order valence-electron chi connectivity index (χ1n) is 11.2. The van der Waals surface area contributed by atoms with E-state index in [2.05, 4.69) is 25.8 Å². The van der Waals surface area contributed by atoms with Crippen molar-refractivity contribution in [1.82, 2.24) is 20.5 Å². The van der Waals surface area contributed by atoms with E-state index in [4.69, 9.17) is 0 Å². The smallest absolute Gasteiger partial charge is 0.319 e. The quantitative estimate of drug-likeness (QED) is 0.536. The number of pyridine rings is 1. The van der Waals surface area contributed by atoms with Crippen molar-refractivity contribution in [3.63, 3.8) is 0 Å². The molecule has 0 aliphatic carbocycles. The van der Waals surface area contributed by atoms with Crippen molar-refractivity contribution in [3.8, 4) is 0 Å². The minimum absolute atomic E-state index is 0.0956. The number of nitrogens with one attached hydrogen (secondary N) is 3. The van der Waals surface area contributed by atoms with Gasteiger partial charge in [-0.1, -0.05) is 18.2 Å². The molecule has 33 heavy (non-hydrogen) atoms. The molecule has 1 aromatic heterocycles. The molecular formula is C25H28FN5O2. The second-order valence-electron chi connectivity index (χ2n) is 8.31. The highest BCUT2D eigenvalue weighted by Crippen LogP contribution is 2.22. The first-order valence-corrected chi connectivity index (χ1v) is 11.2. The van der Waals surface area contributed by atoms with Crippen LogP contribution in [-0.4, -0.2) is 54.0 Å². The summed E-state index contributed by atoms with van der Waals surface area (Å²) in [4.78, 5) is 31.5. The molecule has 1 aliphatic heterocycles. The number of piperidine rings is 1. The van der Waals surface area contributed by atoms with E-state index in [9.17, 15) is 14.0 Å². The first-order chi connectivity index (χ1) is 16.0. The van der Waals surface area contributed by atoms with Crippen LogP contribution in [0.4, 0.5) is 14.9 Å². The summed E-state index contributed by atoms with van der Waals surface area (Å²) in [6, 6.07) is 15.0. The number of nitrogens with zero attached hydrogens (tertiary/aromatic N) is 2. The summed E-state index contributed by atoms with van der Waals surface area (Å²) in [6.07, 6.45) is 1.67. The number of benzene rings is 2. The van der Waals surface area contributed by atoms with Crippen LogP contribution >= 0.6 is 0 Å². The summed E-state index contributed by atoms with van der Waals surface area (Å²) >= 11 is 0. The number of urea groups is 1. The molecule has 2 aromatic carbocycles. The Morgan fingerprint density at radius 3 is 2.58 bits per heavy atom. The van der Waals surface area contributed by atoms with Gasteiger partial charge in [0.2, 0.25) is 0 Å². The zero-order chi connectivity index (χ0) is 23.2. The molecule has 1 fully saturated rings. The van der Waals surface area contributed by atoms with Gasteiger partial charge < -0.3 is 20.9 Å². The van der Waals surface area contributed by atoms with Gasteiger partial charge in [0.05, 0.1) is 11.2 Å². The number of rotatable bonds is 6. The topological polar surface area (TPSA) is 86.4 Å². The maximum atomic E-state index is 13.0. The molecule has 0 saturated carbocycles. The van der Waals surface area contributed by atoms with Gasteiger partial charge in [-0.15, -0.1) is 0 Å². The maximum absolute atomic E-state index is 13.0. The minimum Gasteiger partial charge on any atom is -0.349 e. The number of carbonyl (C=O) groups is 2. The highest BCUT2D eigenvalue weighted by Gasteiger charge is 2.21. The lowest BCUT2D eigenvalue weighted by Gasteiger charge is -2.32. The molecule has 1 aliphatic rings. The number of aromatic nitrogens is 1. The van der Waals surface area contributed by atoms with Crippen LogP contribution in [0.25, 0.3) is 10.9 Å². The van der Waals surface area contributed by atoms with Gasteiger partial charge in [0.1, 0.15) is 5.82 Å². The van der Waals surface area contributed by atoms with Crippen LogP contribution in [0, 0.1) is 12.7 Å². The number of halogens is 1. The summed E-state index contributed by atoms with van der Waals surface area (Å²) in [7, 11) is 0. The van der Waals surface area contributed by atoms with Gasteiger partial charge in [-0.25, -0.2) is 9.18 Å². The molecule has 7 nitrogen and oxygen atoms in total. The summed E-state index contributed by atoms with van der Waals surface area (Å²) in [5, 5.41) is 9.78. The normalized spacial score (nSPS) is 14.7. The van der Waals surface area contributed by atoms with Crippen LogP contribution in [-0.2, 0) is 0 Å². The lowest BCUT2D eigenvalue weighted by Crippen LogP contribution is -2.46. The summed E-state index contributed by atoms with van der Waals surface area (Å²) in [6.45, 7) is 4.85. The number of carbonyl (C=O) groups excluding carboxylic acids is 2. The average Bonchev–Trinajstić information content (AvgIpc) is 2.80. The highest BCUT2D eigenvalue weighted by molar-refractivity contribution is 6.00. The second kappa shape index (κ2) is 10.4. The fraction of sp³-hybridized carbons (Fsp3) is 0.320. The number of fused-ring (bicyclic) bond motifs is 1. The molecule has 3 N–H and O–H groups in total. The molecular weight excluding hydrogens is 421 g/mol. The predicted molar refractivity (Wildman–Crippen MR) is 127 cm³/mol. The fourth-order valence-corrected chi connectivity index (χ4v) is 4.08. The summed E-state index contributed by atoms with van der Waals surface area (Å²) < 4.78 is 13.0. The third kappa shape index (κ3) is 6.04. The van der Waals surface area contributed by atoms with Crippen molar-refractivity contribution >= 4 is 28.5 Å². The Hall–Kier alpha value is -3.52. The number of anilines is 1. The van der Waals surface area contributed by atoms with Crippen molar-refractivity contribution in [2.24, 2.45) is 0 Å². The monoisotopic (exact) mass is 449 g/mol. The van der Waals surface area contributed by atoms with E-state index < -0.39 is 0 Å². The summed E-state index contributed by atoms with van der Waals surface area (Å²) in [5.41, 5.74) is 2.90. The van der Waals surface area contributed by atoms with Gasteiger partial charge in [0.15, 0.2) is 0 Å². The molecule has 3 amide bonds. The largest absolute Gasteiger partial charge is 0.349 e. The SMILES string of the molecule is Cc1cc(NC(=O)NCCN2CCC(NC(=O)c3ccc(F)cc3)CC2)c2ccccc2n1. The standard InChI is InChI=1S/C25H28FN5O2/c1-17-16-23(21-4-2-3-5-22(21)28-17)30-25(33)27-12-15-31-13-10-20(11-14-31)29-24(32)18-6-8-19(26)9-7-18/h2-9,16,20H,10-15H2,1H3,(H,29,32)(H2,27,28,30,33). The molecule has 8 heteroatoms. The van der Waals surface area contributed by atoms with Crippen molar-refractivity contribution in [3.05, 3.63) is 71.7 Å². The molecule has 0 radical (unpaired) electrons. The van der Waals surface area contributed by atoms with Gasteiger partial charge in [0.25, 0.3) is 5.91 Å². The molecule has 0 atom stereocenters. The van der Waals surface area contributed by atoms with Crippen molar-refractivity contribution < 1.29 is 14.0 Å². The molecule has 1 saturated heterocycles. The number of aryl methyl sites for hydroxylation is 1. The van der Waals surface area contributed by atoms with E-state index in [0.29, 0.717) is 12.1 Å². The molecule has 2 heterocycles. The minimum atomic E-state index is -0.355. The number of likely N-dealkylation sites (tertiary alicyclic amines) is 1. The predicted octanol–water partition coefficient (Wildman–Crippen LogP) is 3.70. The van der Waals surface area contributed by atoms with Crippen LogP contribution in [0.3, 0.4) is 0 Å². The van der Waals surface area contributed by atoms with E-state index in [1.807, 2.05) is 37.3 Å². The van der Waals surface area contributed by atoms with E-state index in [0.717, 1.165) is 54.8 Å². The average molecular weight is 450 g/mol. The molecule has 3 aromatic rings. The molecule has 0 bridgehead atoms. The Labute approximate surface area is 192 Å². The van der Waals surface area contributed by atoms with E-state index in [1.54, 1.807) is 0 Å². The zero-order valence-corrected chi connectivity index (χ0v) is 18.6. The lowest BCUT2D eigenvalue weighted by molar-refractivity contribution is 0.0911. The highest BCUT2D eigenvalue weighted by atomic mass is 19.1.